The van der Waals surface area contributed by atoms with E-state index in [0.29, 0.717) is 11.7 Å². The van der Waals surface area contributed by atoms with Crippen molar-refractivity contribution in [2.75, 3.05) is 0 Å². The lowest BCUT2D eigenvalue weighted by molar-refractivity contribution is 0.0686. The molecule has 1 aliphatic rings. The van der Waals surface area contributed by atoms with Gasteiger partial charge in [0.15, 0.2) is 11.5 Å². The van der Waals surface area contributed by atoms with Gasteiger partial charge in [0.25, 0.3) is 0 Å². The molecular weight excluding hydrogens is 254 g/mol. The van der Waals surface area contributed by atoms with Crippen molar-refractivity contribution in [1.29, 1.82) is 0 Å². The first kappa shape index (κ1) is 12.9. The molecular formula is C16H17NO3. The lowest BCUT2D eigenvalue weighted by atomic mass is 9.84. The summed E-state index contributed by atoms with van der Waals surface area (Å²) in [6, 6.07) is 9.66. The van der Waals surface area contributed by atoms with E-state index in [1.165, 1.54) is 43.7 Å². The van der Waals surface area contributed by atoms with Gasteiger partial charge in [0.1, 0.15) is 0 Å². The molecule has 0 unspecified atom stereocenters. The predicted molar refractivity (Wildman–Crippen MR) is 74.7 cm³/mol. The minimum atomic E-state index is -1.07. The Kier molecular flexibility index (Phi) is 3.54. The summed E-state index contributed by atoms with van der Waals surface area (Å²) in [7, 11) is 0. The maximum Gasteiger partial charge on any atom is 0.358 e. The Labute approximate surface area is 117 Å². The molecule has 2 aromatic rings. The van der Waals surface area contributed by atoms with Crippen LogP contribution in [0.3, 0.4) is 0 Å². The van der Waals surface area contributed by atoms with Gasteiger partial charge in [0.2, 0.25) is 0 Å². The number of hydrogen-bond acceptors (Lipinski definition) is 3. The molecule has 1 N–H and O–H groups in total. The summed E-state index contributed by atoms with van der Waals surface area (Å²) >= 11 is 0. The van der Waals surface area contributed by atoms with Crippen molar-refractivity contribution < 1.29 is 14.4 Å². The Hall–Kier alpha value is -2.10. The van der Waals surface area contributed by atoms with Crippen molar-refractivity contribution in [3.8, 4) is 11.3 Å². The monoisotopic (exact) mass is 271 g/mol. The lowest BCUT2D eigenvalue weighted by Gasteiger charge is -2.21. The van der Waals surface area contributed by atoms with Gasteiger partial charge in [-0.2, -0.15) is 0 Å². The summed E-state index contributed by atoms with van der Waals surface area (Å²) in [5.74, 6) is 0.0959. The second-order valence-electron chi connectivity index (χ2n) is 5.34. The van der Waals surface area contributed by atoms with Crippen LogP contribution in [0.5, 0.6) is 0 Å². The molecule has 0 aliphatic heterocycles. The number of carboxylic acids is 1. The Morgan fingerprint density at radius 1 is 1.15 bits per heavy atom. The molecule has 104 valence electrons. The van der Waals surface area contributed by atoms with Crippen molar-refractivity contribution >= 4 is 5.97 Å². The number of hydrogen-bond donors (Lipinski definition) is 1. The van der Waals surface area contributed by atoms with Crippen LogP contribution in [-0.4, -0.2) is 16.2 Å². The maximum atomic E-state index is 10.8. The molecule has 3 rings (SSSR count). The summed E-state index contributed by atoms with van der Waals surface area (Å²) in [5, 5.41) is 12.4. The average Bonchev–Trinajstić information content (AvgIpc) is 2.98. The van der Waals surface area contributed by atoms with Crippen molar-refractivity contribution in [2.45, 2.75) is 38.0 Å². The van der Waals surface area contributed by atoms with Crippen molar-refractivity contribution in [3.63, 3.8) is 0 Å². The standard InChI is InChI=1S/C16H17NO3/c18-16(19)14-10-15(20-17-14)13-8-6-12(7-9-13)11-4-2-1-3-5-11/h6-11H,1-5H2,(H,18,19). The number of aromatic carboxylic acids is 1. The zero-order valence-electron chi connectivity index (χ0n) is 11.2. The van der Waals surface area contributed by atoms with E-state index in [9.17, 15) is 4.79 Å². The third-order valence-corrected chi connectivity index (χ3v) is 4.00. The van der Waals surface area contributed by atoms with Crippen molar-refractivity contribution in [3.05, 3.63) is 41.6 Å². The quantitative estimate of drug-likeness (QED) is 0.913. The minimum absolute atomic E-state index is 0.0589. The summed E-state index contributed by atoms with van der Waals surface area (Å²) in [5.41, 5.74) is 2.17. The fourth-order valence-electron chi connectivity index (χ4n) is 2.87. The van der Waals surface area contributed by atoms with Gasteiger partial charge in [-0.25, -0.2) is 4.79 Å². The highest BCUT2D eigenvalue weighted by Gasteiger charge is 2.16. The molecule has 1 saturated carbocycles. The van der Waals surface area contributed by atoms with Crippen molar-refractivity contribution in [2.24, 2.45) is 0 Å². The highest BCUT2D eigenvalue weighted by molar-refractivity contribution is 5.86. The van der Waals surface area contributed by atoms with E-state index < -0.39 is 5.97 Å². The third kappa shape index (κ3) is 2.59. The number of carboxylic acid groups (broad SMARTS) is 1. The van der Waals surface area contributed by atoms with Gasteiger partial charge in [-0.15, -0.1) is 0 Å². The Morgan fingerprint density at radius 3 is 2.45 bits per heavy atom. The topological polar surface area (TPSA) is 63.3 Å². The lowest BCUT2D eigenvalue weighted by Crippen LogP contribution is -2.04. The smallest absolute Gasteiger partial charge is 0.358 e. The van der Waals surface area contributed by atoms with Crippen LogP contribution >= 0.6 is 0 Å². The summed E-state index contributed by atoms with van der Waals surface area (Å²) in [6.07, 6.45) is 6.52. The first-order chi connectivity index (χ1) is 9.74. The van der Waals surface area contributed by atoms with Crippen molar-refractivity contribution in [1.82, 2.24) is 5.16 Å². The van der Waals surface area contributed by atoms with Crippen LogP contribution in [0.4, 0.5) is 0 Å². The summed E-state index contributed by atoms with van der Waals surface area (Å²) in [4.78, 5) is 10.8. The maximum absolute atomic E-state index is 10.8. The summed E-state index contributed by atoms with van der Waals surface area (Å²) < 4.78 is 5.07. The van der Waals surface area contributed by atoms with Gasteiger partial charge in [-0.1, -0.05) is 48.7 Å². The molecule has 1 heterocycles. The van der Waals surface area contributed by atoms with Crippen LogP contribution in [-0.2, 0) is 0 Å². The molecule has 0 atom stereocenters. The molecule has 1 aromatic heterocycles. The molecule has 0 bridgehead atoms. The van der Waals surface area contributed by atoms with Gasteiger partial charge in [0.05, 0.1) is 0 Å². The van der Waals surface area contributed by atoms with Gasteiger partial charge in [0, 0.05) is 11.6 Å². The van der Waals surface area contributed by atoms with E-state index in [-0.39, 0.29) is 5.69 Å². The highest BCUT2D eigenvalue weighted by atomic mass is 16.5. The van der Waals surface area contributed by atoms with Gasteiger partial charge in [-0.05, 0) is 24.3 Å². The Morgan fingerprint density at radius 2 is 1.85 bits per heavy atom. The fraction of sp³-hybridized carbons (Fsp3) is 0.375. The molecule has 4 heteroatoms. The molecule has 0 saturated heterocycles. The van der Waals surface area contributed by atoms with E-state index in [1.54, 1.807) is 0 Å². The van der Waals surface area contributed by atoms with Crippen LogP contribution < -0.4 is 0 Å². The van der Waals surface area contributed by atoms with Crippen LogP contribution in [0, 0.1) is 0 Å². The van der Waals surface area contributed by atoms with Gasteiger partial charge in [-0.3, -0.25) is 0 Å². The van der Waals surface area contributed by atoms with Crippen LogP contribution in [0.15, 0.2) is 34.9 Å². The third-order valence-electron chi connectivity index (χ3n) is 4.00. The fourth-order valence-corrected chi connectivity index (χ4v) is 2.87. The number of carbonyl (C=O) groups is 1. The van der Waals surface area contributed by atoms with E-state index in [0.717, 1.165) is 5.56 Å². The van der Waals surface area contributed by atoms with E-state index >= 15 is 0 Å². The van der Waals surface area contributed by atoms with Crippen LogP contribution in [0.1, 0.15) is 54.1 Å². The molecule has 0 radical (unpaired) electrons. The average molecular weight is 271 g/mol. The Balaban J connectivity index is 1.79. The van der Waals surface area contributed by atoms with Crippen LogP contribution in [0.2, 0.25) is 0 Å². The molecule has 1 aliphatic carbocycles. The number of nitrogens with zero attached hydrogens (tertiary/aromatic N) is 1. The number of rotatable bonds is 3. The zero-order valence-corrected chi connectivity index (χ0v) is 11.2. The molecule has 0 spiro atoms. The second-order valence-corrected chi connectivity index (χ2v) is 5.34. The first-order valence-electron chi connectivity index (χ1n) is 7.04. The molecule has 20 heavy (non-hydrogen) atoms. The van der Waals surface area contributed by atoms with E-state index in [1.807, 2.05) is 12.1 Å². The zero-order chi connectivity index (χ0) is 13.9. The predicted octanol–water partition coefficient (Wildman–Crippen LogP) is 4.09. The largest absolute Gasteiger partial charge is 0.476 e. The molecule has 1 fully saturated rings. The number of aromatic nitrogens is 1. The van der Waals surface area contributed by atoms with Gasteiger partial charge < -0.3 is 9.63 Å². The first-order valence-corrected chi connectivity index (χ1v) is 7.04. The van der Waals surface area contributed by atoms with Crippen LogP contribution in [0.25, 0.3) is 11.3 Å². The molecule has 0 amide bonds. The van der Waals surface area contributed by atoms with E-state index in [4.69, 9.17) is 9.63 Å². The number of benzene rings is 1. The molecule has 4 nitrogen and oxygen atoms in total. The second kappa shape index (κ2) is 5.49. The SMILES string of the molecule is O=C(O)c1cc(-c2ccc(C3CCCCC3)cc2)on1. The summed E-state index contributed by atoms with van der Waals surface area (Å²) in [6.45, 7) is 0. The van der Waals surface area contributed by atoms with Gasteiger partial charge >= 0.3 is 5.97 Å². The van der Waals surface area contributed by atoms with E-state index in [2.05, 4.69) is 17.3 Å². The Bertz CT molecular complexity index is 594. The normalized spacial score (nSPS) is 16.2. The molecule has 1 aromatic carbocycles. The minimum Gasteiger partial charge on any atom is -0.476 e. The highest BCUT2D eigenvalue weighted by Crippen LogP contribution is 2.33.